The molecule has 5 rings (SSSR count). The summed E-state index contributed by atoms with van der Waals surface area (Å²) in [7, 11) is 0. The molecule has 0 fully saturated rings. The van der Waals surface area contributed by atoms with Crippen LogP contribution in [0.2, 0.25) is 0 Å². The van der Waals surface area contributed by atoms with Crippen LogP contribution in [0, 0.1) is 10.1 Å². The average molecular weight is 526 g/mol. The quantitative estimate of drug-likeness (QED) is 0.285. The lowest BCUT2D eigenvalue weighted by Gasteiger charge is -2.28. The SMILES string of the molecule is CC(=O)NCc1ccc(C(=Nc2ccc3c(c2)CCN(C(C)=O)C3)C2C(=O)Nc3ccc([N+](=O)[O-])cc32)cc1. The first-order chi connectivity index (χ1) is 18.7. The molecule has 2 aliphatic heterocycles. The Morgan fingerprint density at radius 1 is 1.08 bits per heavy atom. The molecule has 3 aromatic carbocycles. The van der Waals surface area contributed by atoms with Gasteiger partial charge in [-0.1, -0.05) is 30.3 Å². The molecule has 39 heavy (non-hydrogen) atoms. The Bertz CT molecular complexity index is 1530. The molecule has 0 saturated carbocycles. The van der Waals surface area contributed by atoms with Crippen LogP contribution in [0.3, 0.4) is 0 Å². The molecule has 1 unspecified atom stereocenters. The van der Waals surface area contributed by atoms with E-state index in [1.54, 1.807) is 17.9 Å². The predicted octanol–water partition coefficient (Wildman–Crippen LogP) is 3.99. The van der Waals surface area contributed by atoms with Gasteiger partial charge in [0.25, 0.3) is 5.69 Å². The summed E-state index contributed by atoms with van der Waals surface area (Å²) < 4.78 is 0. The fourth-order valence-electron chi connectivity index (χ4n) is 4.97. The molecule has 2 N–H and O–H groups in total. The summed E-state index contributed by atoms with van der Waals surface area (Å²) in [6, 6.07) is 17.5. The van der Waals surface area contributed by atoms with Crippen LogP contribution >= 0.6 is 0 Å². The molecule has 3 amide bonds. The van der Waals surface area contributed by atoms with Gasteiger partial charge in [0.1, 0.15) is 5.92 Å². The zero-order chi connectivity index (χ0) is 27.7. The second kappa shape index (κ2) is 10.5. The first-order valence-electron chi connectivity index (χ1n) is 12.6. The number of amides is 3. The normalized spacial score (nSPS) is 16.3. The molecule has 3 aromatic rings. The average Bonchev–Trinajstić information content (AvgIpc) is 3.25. The van der Waals surface area contributed by atoms with Crippen molar-refractivity contribution in [2.45, 2.75) is 39.3 Å². The number of benzene rings is 3. The van der Waals surface area contributed by atoms with Crippen molar-refractivity contribution in [3.8, 4) is 0 Å². The maximum absolute atomic E-state index is 13.2. The minimum absolute atomic E-state index is 0.0342. The number of fused-ring (bicyclic) bond motifs is 2. The Morgan fingerprint density at radius 2 is 1.85 bits per heavy atom. The summed E-state index contributed by atoms with van der Waals surface area (Å²) in [5.74, 6) is -1.28. The van der Waals surface area contributed by atoms with Crippen molar-refractivity contribution in [2.75, 3.05) is 11.9 Å². The molecule has 0 aliphatic carbocycles. The molecule has 10 nitrogen and oxygen atoms in total. The summed E-state index contributed by atoms with van der Waals surface area (Å²) >= 11 is 0. The highest BCUT2D eigenvalue weighted by Crippen LogP contribution is 2.38. The zero-order valence-corrected chi connectivity index (χ0v) is 21.6. The Labute approximate surface area is 224 Å². The smallest absolute Gasteiger partial charge is 0.269 e. The van der Waals surface area contributed by atoms with E-state index >= 15 is 0 Å². The first-order valence-corrected chi connectivity index (χ1v) is 12.6. The van der Waals surface area contributed by atoms with Crippen molar-refractivity contribution < 1.29 is 19.3 Å². The van der Waals surface area contributed by atoms with E-state index in [-0.39, 0.29) is 23.4 Å². The number of nitro benzene ring substituents is 1. The minimum atomic E-state index is -0.856. The van der Waals surface area contributed by atoms with E-state index in [0.29, 0.717) is 54.3 Å². The van der Waals surface area contributed by atoms with Gasteiger partial charge in [-0.2, -0.15) is 0 Å². The number of anilines is 1. The summed E-state index contributed by atoms with van der Waals surface area (Å²) in [4.78, 5) is 54.1. The topological polar surface area (TPSA) is 134 Å². The Hall–Kier alpha value is -4.86. The Kier molecular flexibility index (Phi) is 6.93. The highest BCUT2D eigenvalue weighted by Gasteiger charge is 2.36. The van der Waals surface area contributed by atoms with Gasteiger partial charge in [0.2, 0.25) is 17.7 Å². The van der Waals surface area contributed by atoms with Gasteiger partial charge in [0, 0.05) is 56.9 Å². The molecule has 198 valence electrons. The third kappa shape index (κ3) is 5.40. The van der Waals surface area contributed by atoms with Crippen LogP contribution in [-0.4, -0.2) is 39.8 Å². The lowest BCUT2D eigenvalue weighted by Crippen LogP contribution is -2.34. The van der Waals surface area contributed by atoms with Gasteiger partial charge in [0.15, 0.2) is 0 Å². The zero-order valence-electron chi connectivity index (χ0n) is 21.6. The third-order valence-corrected chi connectivity index (χ3v) is 7.04. The number of nitro groups is 1. The molecule has 1 atom stereocenters. The molecule has 0 aromatic heterocycles. The van der Waals surface area contributed by atoms with Gasteiger partial charge in [0.05, 0.1) is 16.3 Å². The second-order valence-corrected chi connectivity index (χ2v) is 9.70. The monoisotopic (exact) mass is 525 g/mol. The van der Waals surface area contributed by atoms with Crippen molar-refractivity contribution in [1.82, 2.24) is 10.2 Å². The van der Waals surface area contributed by atoms with Crippen molar-refractivity contribution >= 4 is 40.5 Å². The van der Waals surface area contributed by atoms with Gasteiger partial charge >= 0.3 is 0 Å². The van der Waals surface area contributed by atoms with E-state index in [0.717, 1.165) is 16.7 Å². The molecule has 0 saturated heterocycles. The fraction of sp³-hybridized carbons (Fsp3) is 0.241. The number of carbonyl (C=O) groups excluding carboxylic acids is 3. The van der Waals surface area contributed by atoms with Gasteiger partial charge in [-0.15, -0.1) is 0 Å². The van der Waals surface area contributed by atoms with E-state index < -0.39 is 10.8 Å². The largest absolute Gasteiger partial charge is 0.352 e. The van der Waals surface area contributed by atoms with E-state index in [1.807, 2.05) is 42.5 Å². The van der Waals surface area contributed by atoms with Crippen LogP contribution < -0.4 is 10.6 Å². The molecule has 2 aliphatic rings. The lowest BCUT2D eigenvalue weighted by molar-refractivity contribution is -0.384. The molecule has 10 heteroatoms. The van der Waals surface area contributed by atoms with Crippen LogP contribution in [0.1, 0.15) is 47.6 Å². The number of rotatable bonds is 6. The standard InChI is InChI=1S/C29H27N5O5/c1-17(35)30-15-19-3-5-20(6-4-19)28(27-25-14-24(34(38)39)9-10-26(25)32-29(27)37)31-23-8-7-22-16-33(18(2)36)12-11-21(22)13-23/h3-10,13-14,27H,11-12,15-16H2,1-2H3,(H,30,35)(H,32,37). The number of nitrogens with zero attached hydrogens (tertiary/aromatic N) is 3. The van der Waals surface area contributed by atoms with Crippen molar-refractivity contribution in [2.24, 2.45) is 4.99 Å². The molecule has 0 bridgehead atoms. The minimum Gasteiger partial charge on any atom is -0.352 e. The van der Waals surface area contributed by atoms with Crippen molar-refractivity contribution in [3.05, 3.63) is 98.6 Å². The van der Waals surface area contributed by atoms with E-state index in [4.69, 9.17) is 4.99 Å². The molecular formula is C29H27N5O5. The number of carbonyl (C=O) groups is 3. The van der Waals surface area contributed by atoms with Crippen LogP contribution in [-0.2, 0) is 33.9 Å². The number of nitrogens with one attached hydrogen (secondary N) is 2. The summed E-state index contributed by atoms with van der Waals surface area (Å²) in [5.41, 5.74) is 5.71. The number of hydrogen-bond acceptors (Lipinski definition) is 6. The van der Waals surface area contributed by atoms with Crippen LogP contribution in [0.4, 0.5) is 17.1 Å². The van der Waals surface area contributed by atoms with E-state index in [9.17, 15) is 24.5 Å². The summed E-state index contributed by atoms with van der Waals surface area (Å²) in [6.07, 6.45) is 0.699. The van der Waals surface area contributed by atoms with Crippen molar-refractivity contribution in [3.63, 3.8) is 0 Å². The van der Waals surface area contributed by atoms with E-state index in [2.05, 4.69) is 10.6 Å². The van der Waals surface area contributed by atoms with Gasteiger partial charge < -0.3 is 15.5 Å². The fourth-order valence-corrected chi connectivity index (χ4v) is 4.97. The number of aliphatic imine (C=N–C) groups is 1. The van der Waals surface area contributed by atoms with Crippen LogP contribution in [0.25, 0.3) is 0 Å². The number of hydrogen-bond donors (Lipinski definition) is 2. The molecular weight excluding hydrogens is 498 g/mol. The van der Waals surface area contributed by atoms with Gasteiger partial charge in [-0.05, 0) is 46.9 Å². The third-order valence-electron chi connectivity index (χ3n) is 7.04. The molecule has 0 radical (unpaired) electrons. The lowest BCUT2D eigenvalue weighted by atomic mass is 9.90. The highest BCUT2D eigenvalue weighted by atomic mass is 16.6. The first kappa shape index (κ1) is 25.8. The van der Waals surface area contributed by atoms with Gasteiger partial charge in [-0.25, -0.2) is 0 Å². The molecule has 0 spiro atoms. The maximum Gasteiger partial charge on any atom is 0.269 e. The van der Waals surface area contributed by atoms with Crippen molar-refractivity contribution in [1.29, 1.82) is 0 Å². The number of non-ortho nitro benzene ring substituents is 1. The maximum atomic E-state index is 13.2. The predicted molar refractivity (Wildman–Crippen MR) is 146 cm³/mol. The van der Waals surface area contributed by atoms with Crippen LogP contribution in [0.15, 0.2) is 65.7 Å². The molecule has 2 heterocycles. The summed E-state index contributed by atoms with van der Waals surface area (Å²) in [6.45, 7) is 4.54. The summed E-state index contributed by atoms with van der Waals surface area (Å²) in [5, 5.41) is 17.1. The van der Waals surface area contributed by atoms with Gasteiger partial charge in [-0.3, -0.25) is 29.5 Å². The Balaban J connectivity index is 1.57. The van der Waals surface area contributed by atoms with Crippen LogP contribution in [0.5, 0.6) is 0 Å². The Morgan fingerprint density at radius 3 is 2.54 bits per heavy atom. The highest BCUT2D eigenvalue weighted by molar-refractivity contribution is 6.24. The van der Waals surface area contributed by atoms with E-state index in [1.165, 1.54) is 19.1 Å². The second-order valence-electron chi connectivity index (χ2n) is 9.70.